The number of esters is 1. The molecule has 4 rings (SSSR count). The number of fused-ring (bicyclic) bond motifs is 3. The van der Waals surface area contributed by atoms with Crippen molar-refractivity contribution in [1.29, 1.82) is 10.5 Å². The molecule has 0 amide bonds. The summed E-state index contributed by atoms with van der Waals surface area (Å²) in [5.41, 5.74) is 1.28. The van der Waals surface area contributed by atoms with Crippen LogP contribution in [0, 0.1) is 22.7 Å². The second kappa shape index (κ2) is 8.71. The van der Waals surface area contributed by atoms with Crippen molar-refractivity contribution in [2.24, 2.45) is 0 Å². The number of hydrogen-bond acceptors (Lipinski definition) is 6. The molecule has 0 radical (unpaired) electrons. The molecule has 162 valence electrons. The molecule has 33 heavy (non-hydrogen) atoms. The monoisotopic (exact) mass is 456 g/mol. The zero-order chi connectivity index (χ0) is 23.6. The lowest BCUT2D eigenvalue weighted by Crippen LogP contribution is -2.29. The standard InChI is InChI=1S/C25H16N2O5S/c26-14-17(15-27)23-18-9-4-5-10-19(18)24-20(23)11-6-12-21(24)25(28)32-22(33(29,30)31)13-16-7-2-1-3-8-16/h1-12,22H,13H2,(H,29,30,31). The maximum atomic E-state index is 13.1. The summed E-state index contributed by atoms with van der Waals surface area (Å²) in [4.78, 5) is 13.1. The van der Waals surface area contributed by atoms with E-state index in [0.29, 0.717) is 33.4 Å². The Balaban J connectivity index is 1.80. The fraction of sp³-hybridized carbons (Fsp3) is 0.0800. The van der Waals surface area contributed by atoms with Gasteiger partial charge >= 0.3 is 16.1 Å². The van der Waals surface area contributed by atoms with E-state index in [2.05, 4.69) is 0 Å². The van der Waals surface area contributed by atoms with Crippen LogP contribution in [0.15, 0.2) is 78.4 Å². The minimum absolute atomic E-state index is 0.0619. The number of benzene rings is 3. The second-order valence-electron chi connectivity index (χ2n) is 7.29. The molecule has 1 N–H and O–H groups in total. The van der Waals surface area contributed by atoms with Crippen molar-refractivity contribution in [2.75, 3.05) is 0 Å². The number of nitrogens with zero attached hydrogens (tertiary/aromatic N) is 2. The van der Waals surface area contributed by atoms with Gasteiger partial charge in [-0.25, -0.2) is 4.79 Å². The molecule has 0 spiro atoms. The number of allylic oxidation sites excluding steroid dienone is 1. The predicted octanol–water partition coefficient (Wildman–Crippen LogP) is 4.13. The first-order valence-corrected chi connectivity index (χ1v) is 11.3. The van der Waals surface area contributed by atoms with E-state index >= 15 is 0 Å². The van der Waals surface area contributed by atoms with Crippen molar-refractivity contribution < 1.29 is 22.5 Å². The molecule has 7 nitrogen and oxygen atoms in total. The molecule has 0 bridgehead atoms. The first-order valence-electron chi connectivity index (χ1n) is 9.84. The maximum Gasteiger partial charge on any atom is 0.340 e. The molecule has 0 heterocycles. The third-order valence-corrected chi connectivity index (χ3v) is 6.24. The van der Waals surface area contributed by atoms with Gasteiger partial charge in [0.25, 0.3) is 0 Å². The van der Waals surface area contributed by atoms with Gasteiger partial charge in [0.2, 0.25) is 5.44 Å². The van der Waals surface area contributed by atoms with Gasteiger partial charge in [0.15, 0.2) is 0 Å². The summed E-state index contributed by atoms with van der Waals surface area (Å²) in [6, 6.07) is 24.0. The van der Waals surface area contributed by atoms with Gasteiger partial charge in [0.05, 0.1) is 5.56 Å². The first-order chi connectivity index (χ1) is 15.8. The topological polar surface area (TPSA) is 128 Å². The van der Waals surface area contributed by atoms with Crippen LogP contribution in [0.4, 0.5) is 0 Å². The van der Waals surface area contributed by atoms with Crippen LogP contribution < -0.4 is 0 Å². The van der Waals surface area contributed by atoms with Gasteiger partial charge < -0.3 is 4.74 Å². The Labute approximate surface area is 190 Å². The molecule has 1 aliphatic rings. The van der Waals surface area contributed by atoms with Gasteiger partial charge in [0, 0.05) is 17.6 Å². The van der Waals surface area contributed by atoms with Crippen molar-refractivity contribution in [3.63, 3.8) is 0 Å². The number of ether oxygens (including phenoxy) is 1. The van der Waals surface area contributed by atoms with Gasteiger partial charge in [-0.05, 0) is 28.3 Å². The molecule has 0 saturated carbocycles. The number of carbonyl (C=O) groups excluding carboxylic acids is 1. The highest BCUT2D eigenvalue weighted by Gasteiger charge is 2.33. The Morgan fingerprint density at radius 2 is 1.48 bits per heavy atom. The third-order valence-electron chi connectivity index (χ3n) is 5.31. The van der Waals surface area contributed by atoms with Crippen LogP contribution in [-0.4, -0.2) is 24.4 Å². The van der Waals surface area contributed by atoms with E-state index in [-0.39, 0.29) is 17.6 Å². The van der Waals surface area contributed by atoms with Gasteiger partial charge in [-0.3, -0.25) is 4.55 Å². The molecule has 1 aliphatic carbocycles. The summed E-state index contributed by atoms with van der Waals surface area (Å²) in [5.74, 6) is -0.947. The van der Waals surface area contributed by atoms with E-state index in [4.69, 9.17) is 4.74 Å². The van der Waals surface area contributed by atoms with E-state index in [9.17, 15) is 28.3 Å². The molecular weight excluding hydrogens is 440 g/mol. The zero-order valence-electron chi connectivity index (χ0n) is 17.1. The lowest BCUT2D eigenvalue weighted by molar-refractivity contribution is 0.0431. The fourth-order valence-corrected chi connectivity index (χ4v) is 4.50. The third kappa shape index (κ3) is 4.13. The van der Waals surface area contributed by atoms with Crippen molar-refractivity contribution in [2.45, 2.75) is 11.9 Å². The summed E-state index contributed by atoms with van der Waals surface area (Å²) in [5, 5.41) is 18.9. The van der Waals surface area contributed by atoms with Crippen LogP contribution >= 0.6 is 0 Å². The van der Waals surface area contributed by atoms with Gasteiger partial charge in [0.1, 0.15) is 17.7 Å². The van der Waals surface area contributed by atoms with E-state index in [1.54, 1.807) is 66.7 Å². The molecule has 8 heteroatoms. The van der Waals surface area contributed by atoms with Crippen molar-refractivity contribution >= 4 is 21.7 Å². The molecule has 3 aromatic carbocycles. The summed E-state index contributed by atoms with van der Waals surface area (Å²) < 4.78 is 38.9. The van der Waals surface area contributed by atoms with Crippen LogP contribution in [0.3, 0.4) is 0 Å². The highest BCUT2D eigenvalue weighted by molar-refractivity contribution is 7.86. The van der Waals surface area contributed by atoms with Crippen molar-refractivity contribution in [3.05, 3.63) is 101 Å². The van der Waals surface area contributed by atoms with E-state index in [0.717, 1.165) is 0 Å². The Morgan fingerprint density at radius 3 is 2.12 bits per heavy atom. The van der Waals surface area contributed by atoms with Crippen LogP contribution in [-0.2, 0) is 21.3 Å². The largest absolute Gasteiger partial charge is 0.439 e. The van der Waals surface area contributed by atoms with Crippen LogP contribution in [0.25, 0.3) is 16.7 Å². The first kappa shape index (κ1) is 22.0. The zero-order valence-corrected chi connectivity index (χ0v) is 17.9. The number of carbonyl (C=O) groups is 1. The Bertz CT molecular complexity index is 1460. The van der Waals surface area contributed by atoms with Crippen LogP contribution in [0.2, 0.25) is 0 Å². The van der Waals surface area contributed by atoms with Gasteiger partial charge in [-0.1, -0.05) is 66.7 Å². The van der Waals surface area contributed by atoms with E-state index < -0.39 is 21.5 Å². The number of nitriles is 2. The van der Waals surface area contributed by atoms with Gasteiger partial charge in [-0.2, -0.15) is 18.9 Å². The lowest BCUT2D eigenvalue weighted by atomic mass is 9.97. The normalized spacial score (nSPS) is 12.6. The molecule has 1 unspecified atom stereocenters. The summed E-state index contributed by atoms with van der Waals surface area (Å²) in [6.45, 7) is 0. The highest BCUT2D eigenvalue weighted by atomic mass is 32.2. The minimum Gasteiger partial charge on any atom is -0.439 e. The number of rotatable bonds is 5. The highest BCUT2D eigenvalue weighted by Crippen LogP contribution is 2.47. The predicted molar refractivity (Wildman–Crippen MR) is 120 cm³/mol. The number of hydrogen-bond donors (Lipinski definition) is 1. The van der Waals surface area contributed by atoms with Crippen molar-refractivity contribution in [1.82, 2.24) is 0 Å². The van der Waals surface area contributed by atoms with Crippen LogP contribution in [0.5, 0.6) is 0 Å². The maximum absolute atomic E-state index is 13.1. The average molecular weight is 456 g/mol. The second-order valence-corrected chi connectivity index (χ2v) is 8.84. The van der Waals surface area contributed by atoms with Gasteiger partial charge in [-0.15, -0.1) is 0 Å². The Kier molecular flexibility index (Phi) is 5.80. The molecule has 1 atom stereocenters. The molecule has 0 aromatic heterocycles. The fourth-order valence-electron chi connectivity index (χ4n) is 3.89. The summed E-state index contributed by atoms with van der Waals surface area (Å²) in [7, 11) is -4.71. The molecule has 0 saturated heterocycles. The minimum atomic E-state index is -4.71. The molecule has 3 aromatic rings. The average Bonchev–Trinajstić information content (AvgIpc) is 3.14. The lowest BCUT2D eigenvalue weighted by Gasteiger charge is -2.17. The molecule has 0 aliphatic heterocycles. The quantitative estimate of drug-likeness (QED) is 0.272. The molecular formula is C25H16N2O5S. The molecule has 0 fully saturated rings. The Morgan fingerprint density at radius 1 is 0.879 bits per heavy atom. The SMILES string of the molecule is N#CC(C#N)=C1c2ccccc2-c2c(C(=O)OC(Cc3ccccc3)S(=O)(=O)O)cccc21. The summed E-state index contributed by atoms with van der Waals surface area (Å²) in [6.07, 6.45) is -0.227. The van der Waals surface area contributed by atoms with E-state index in [1.807, 2.05) is 12.1 Å². The smallest absolute Gasteiger partial charge is 0.340 e. The van der Waals surface area contributed by atoms with Crippen molar-refractivity contribution in [3.8, 4) is 23.3 Å². The Hall–Kier alpha value is -4.24. The van der Waals surface area contributed by atoms with Crippen LogP contribution in [0.1, 0.15) is 27.0 Å². The summed E-state index contributed by atoms with van der Waals surface area (Å²) >= 11 is 0. The van der Waals surface area contributed by atoms with E-state index in [1.165, 1.54) is 6.07 Å².